The summed E-state index contributed by atoms with van der Waals surface area (Å²) in [5.74, 6) is -0.393. The van der Waals surface area contributed by atoms with E-state index in [-0.39, 0.29) is 12.2 Å². The van der Waals surface area contributed by atoms with Gasteiger partial charge in [0, 0.05) is 13.0 Å². The third-order valence-electron chi connectivity index (χ3n) is 4.83. The Bertz CT molecular complexity index is 883. The van der Waals surface area contributed by atoms with Crippen LogP contribution in [-0.2, 0) is 16.0 Å². The first-order valence-electron chi connectivity index (χ1n) is 9.91. The summed E-state index contributed by atoms with van der Waals surface area (Å²) in [4.78, 5) is 26.6. The first-order chi connectivity index (χ1) is 13.6. The average molecular weight is 399 g/mol. The third kappa shape index (κ3) is 5.16. The minimum atomic E-state index is -0.548. The maximum absolute atomic E-state index is 12.8. The van der Waals surface area contributed by atoms with Crippen LogP contribution in [0.5, 0.6) is 0 Å². The van der Waals surface area contributed by atoms with E-state index in [1.54, 1.807) is 4.90 Å². The van der Waals surface area contributed by atoms with Crippen molar-refractivity contribution in [2.24, 2.45) is 0 Å². The molecule has 7 nitrogen and oxygen atoms in total. The quantitative estimate of drug-likeness (QED) is 0.733. The minimum Gasteiger partial charge on any atom is -0.457 e. The van der Waals surface area contributed by atoms with E-state index < -0.39 is 11.6 Å². The molecule has 0 bridgehead atoms. The highest BCUT2D eigenvalue weighted by Gasteiger charge is 2.33. The second-order valence-electron chi connectivity index (χ2n) is 8.43. The van der Waals surface area contributed by atoms with Gasteiger partial charge in [0.25, 0.3) is 0 Å². The van der Waals surface area contributed by atoms with Gasteiger partial charge in [-0.05, 0) is 40.2 Å². The molecule has 0 aliphatic carbocycles. The van der Waals surface area contributed by atoms with Crippen molar-refractivity contribution in [1.29, 1.82) is 0 Å². The van der Waals surface area contributed by atoms with E-state index in [4.69, 9.17) is 9.47 Å². The fraction of sp³-hybridized carbons (Fsp3) is 0.500. The largest absolute Gasteiger partial charge is 0.457 e. The molecule has 0 N–H and O–H groups in total. The number of likely N-dealkylation sites (tertiary alicyclic amines) is 1. The lowest BCUT2D eigenvalue weighted by Crippen LogP contribution is -2.36. The molecule has 0 spiro atoms. The lowest BCUT2D eigenvalue weighted by molar-refractivity contribution is 0.0190. The molecule has 0 saturated carbocycles. The Morgan fingerprint density at radius 1 is 1.17 bits per heavy atom. The molecule has 1 aliphatic heterocycles. The van der Waals surface area contributed by atoms with Crippen LogP contribution in [0.15, 0.2) is 30.3 Å². The molecule has 2 heterocycles. The van der Waals surface area contributed by atoms with Crippen molar-refractivity contribution < 1.29 is 19.1 Å². The van der Waals surface area contributed by atoms with Gasteiger partial charge in [-0.25, -0.2) is 9.59 Å². The van der Waals surface area contributed by atoms with Gasteiger partial charge in [-0.1, -0.05) is 30.3 Å². The molecule has 7 heteroatoms. The van der Waals surface area contributed by atoms with Crippen LogP contribution in [-0.4, -0.2) is 51.5 Å². The number of rotatable bonds is 4. The predicted molar refractivity (Wildman–Crippen MR) is 109 cm³/mol. The molecule has 2 aromatic rings. The van der Waals surface area contributed by atoms with Crippen LogP contribution < -0.4 is 0 Å². The number of hydrogen-bond acceptors (Lipinski definition) is 5. The fourth-order valence-corrected chi connectivity index (χ4v) is 3.43. The zero-order valence-corrected chi connectivity index (χ0v) is 17.8. The zero-order chi connectivity index (χ0) is 21.2. The Hall–Kier alpha value is -2.83. The summed E-state index contributed by atoms with van der Waals surface area (Å²) in [6, 6.07) is 9.98. The second kappa shape index (κ2) is 8.27. The van der Waals surface area contributed by atoms with Crippen LogP contribution in [0.2, 0.25) is 0 Å². The summed E-state index contributed by atoms with van der Waals surface area (Å²) in [6.07, 6.45) is -0.119. The standard InChI is InChI=1S/C22H29N3O4/c1-15-19(16(2)25(23-15)13-17-9-7-6-8-10-17)20(26)28-18-11-12-24(14-18)21(27)29-22(3,4)5/h6-10,18H,11-14H2,1-5H3/t18-/m0/s1. The van der Waals surface area contributed by atoms with Crippen LogP contribution in [0, 0.1) is 13.8 Å². The Kier molecular flexibility index (Phi) is 5.96. The molecule has 0 unspecified atom stereocenters. The van der Waals surface area contributed by atoms with Gasteiger partial charge in [-0.15, -0.1) is 0 Å². The highest BCUT2D eigenvalue weighted by atomic mass is 16.6. The Balaban J connectivity index is 1.64. The zero-order valence-electron chi connectivity index (χ0n) is 17.8. The van der Waals surface area contributed by atoms with Gasteiger partial charge in [-0.3, -0.25) is 4.68 Å². The molecule has 1 fully saturated rings. The molecular formula is C22H29N3O4. The highest BCUT2D eigenvalue weighted by molar-refractivity contribution is 5.92. The minimum absolute atomic E-state index is 0.341. The summed E-state index contributed by atoms with van der Waals surface area (Å²) in [5.41, 5.74) is 2.48. The Morgan fingerprint density at radius 2 is 1.86 bits per heavy atom. The molecule has 29 heavy (non-hydrogen) atoms. The topological polar surface area (TPSA) is 73.7 Å². The van der Waals surface area contributed by atoms with Crippen molar-refractivity contribution >= 4 is 12.1 Å². The van der Waals surface area contributed by atoms with E-state index >= 15 is 0 Å². The molecule has 156 valence electrons. The summed E-state index contributed by atoms with van der Waals surface area (Å²) in [7, 11) is 0. The lowest BCUT2D eigenvalue weighted by atomic mass is 10.2. The molecule has 1 atom stereocenters. The van der Waals surface area contributed by atoms with E-state index in [2.05, 4.69) is 5.10 Å². The fourth-order valence-electron chi connectivity index (χ4n) is 3.43. The van der Waals surface area contributed by atoms with Crippen molar-refractivity contribution in [3.05, 3.63) is 52.8 Å². The third-order valence-corrected chi connectivity index (χ3v) is 4.83. The van der Waals surface area contributed by atoms with E-state index in [1.807, 2.05) is 69.6 Å². The van der Waals surface area contributed by atoms with Crippen molar-refractivity contribution in [2.75, 3.05) is 13.1 Å². The monoisotopic (exact) mass is 399 g/mol. The number of amides is 1. The van der Waals surface area contributed by atoms with Crippen LogP contribution in [0.1, 0.15) is 54.5 Å². The maximum atomic E-state index is 12.8. The number of aromatic nitrogens is 2. The normalized spacial score (nSPS) is 16.7. The van der Waals surface area contributed by atoms with Crippen molar-refractivity contribution in [3.8, 4) is 0 Å². The number of esters is 1. The molecule has 1 amide bonds. The molecule has 1 saturated heterocycles. The van der Waals surface area contributed by atoms with Crippen molar-refractivity contribution in [2.45, 2.75) is 59.3 Å². The maximum Gasteiger partial charge on any atom is 0.410 e. The van der Waals surface area contributed by atoms with E-state index in [1.165, 1.54) is 0 Å². The summed E-state index contributed by atoms with van der Waals surface area (Å²) >= 11 is 0. The number of aryl methyl sites for hydroxylation is 1. The van der Waals surface area contributed by atoms with E-state index in [0.29, 0.717) is 37.3 Å². The van der Waals surface area contributed by atoms with E-state index in [0.717, 1.165) is 11.3 Å². The van der Waals surface area contributed by atoms with Crippen LogP contribution in [0.3, 0.4) is 0 Å². The SMILES string of the molecule is Cc1nn(Cc2ccccc2)c(C)c1C(=O)O[C@H]1CCN(C(=O)OC(C)(C)C)C1. The summed E-state index contributed by atoms with van der Waals surface area (Å²) < 4.78 is 12.9. The van der Waals surface area contributed by atoms with Gasteiger partial charge in [-0.2, -0.15) is 5.10 Å². The number of hydrogen-bond donors (Lipinski definition) is 0. The second-order valence-corrected chi connectivity index (χ2v) is 8.43. The first kappa shape index (κ1) is 20.9. The van der Waals surface area contributed by atoms with Gasteiger partial charge >= 0.3 is 12.1 Å². The summed E-state index contributed by atoms with van der Waals surface area (Å²) in [5, 5.41) is 4.52. The molecule has 3 rings (SSSR count). The molecule has 1 aromatic heterocycles. The molecule has 0 radical (unpaired) electrons. The number of nitrogens with zero attached hydrogens (tertiary/aromatic N) is 3. The molecular weight excluding hydrogens is 370 g/mol. The lowest BCUT2D eigenvalue weighted by Gasteiger charge is -2.24. The van der Waals surface area contributed by atoms with Gasteiger partial charge in [0.1, 0.15) is 17.3 Å². The Morgan fingerprint density at radius 3 is 2.52 bits per heavy atom. The summed E-state index contributed by atoms with van der Waals surface area (Å²) in [6.45, 7) is 10.6. The predicted octanol–water partition coefficient (Wildman–Crippen LogP) is 3.71. The first-order valence-corrected chi connectivity index (χ1v) is 9.91. The van der Waals surface area contributed by atoms with Gasteiger partial charge in [0.05, 0.1) is 24.5 Å². The van der Waals surface area contributed by atoms with Gasteiger partial charge in [0.2, 0.25) is 0 Å². The van der Waals surface area contributed by atoms with Crippen molar-refractivity contribution in [1.82, 2.24) is 14.7 Å². The van der Waals surface area contributed by atoms with Crippen LogP contribution in [0.4, 0.5) is 4.79 Å². The Labute approximate surface area is 171 Å². The average Bonchev–Trinajstić information content (AvgIpc) is 3.19. The van der Waals surface area contributed by atoms with Gasteiger partial charge in [0.15, 0.2) is 0 Å². The van der Waals surface area contributed by atoms with Crippen LogP contribution >= 0.6 is 0 Å². The number of ether oxygens (including phenoxy) is 2. The van der Waals surface area contributed by atoms with Gasteiger partial charge < -0.3 is 14.4 Å². The number of carbonyl (C=O) groups is 2. The molecule has 1 aromatic carbocycles. The van der Waals surface area contributed by atoms with Crippen LogP contribution in [0.25, 0.3) is 0 Å². The number of carbonyl (C=O) groups excluding carboxylic acids is 2. The van der Waals surface area contributed by atoms with Crippen molar-refractivity contribution in [3.63, 3.8) is 0 Å². The highest BCUT2D eigenvalue weighted by Crippen LogP contribution is 2.21. The van der Waals surface area contributed by atoms with E-state index in [9.17, 15) is 9.59 Å². The smallest absolute Gasteiger partial charge is 0.410 e. The molecule has 1 aliphatic rings. The number of benzene rings is 1.